The number of nitrogens with two attached hydrogens (primary N) is 2. The second-order valence-corrected chi connectivity index (χ2v) is 6.18. The molecule has 3 nitrogen and oxygen atoms in total. The number of anilines is 1. The van der Waals surface area contributed by atoms with Crippen molar-refractivity contribution >= 4 is 17.0 Å². The van der Waals surface area contributed by atoms with Gasteiger partial charge in [-0.1, -0.05) is 42.5 Å². The second-order valence-electron chi connectivity index (χ2n) is 6.18. The first-order chi connectivity index (χ1) is 11.7. The van der Waals surface area contributed by atoms with Crippen LogP contribution < -0.4 is 21.9 Å². The largest absolute Gasteiger partial charge is 0.399 e. The van der Waals surface area contributed by atoms with Crippen molar-refractivity contribution in [3.05, 3.63) is 88.1 Å². The fourth-order valence-electron chi connectivity index (χ4n) is 3.64. The van der Waals surface area contributed by atoms with Gasteiger partial charge in [0.2, 0.25) is 0 Å². The zero-order valence-corrected chi connectivity index (χ0v) is 13.8. The highest BCUT2D eigenvalue weighted by atomic mass is 15.2. The van der Waals surface area contributed by atoms with Crippen molar-refractivity contribution in [2.75, 3.05) is 12.3 Å². The summed E-state index contributed by atoms with van der Waals surface area (Å²) >= 11 is 0. The Morgan fingerprint density at radius 3 is 2.54 bits per heavy atom. The van der Waals surface area contributed by atoms with Crippen LogP contribution in [0.1, 0.15) is 18.9 Å². The topological polar surface area (TPSA) is 55.3 Å². The molecule has 0 fully saturated rings. The van der Waals surface area contributed by atoms with Crippen LogP contribution in [-0.4, -0.2) is 11.4 Å². The van der Waals surface area contributed by atoms with E-state index in [0.29, 0.717) is 0 Å². The number of fused-ring (bicyclic) bond motifs is 2. The second kappa shape index (κ2) is 5.60. The first kappa shape index (κ1) is 14.6. The van der Waals surface area contributed by atoms with Crippen LogP contribution in [0.3, 0.4) is 0 Å². The van der Waals surface area contributed by atoms with Gasteiger partial charge in [-0.3, -0.25) is 0 Å². The number of allylic oxidation sites excluding steroid dienone is 3. The van der Waals surface area contributed by atoms with Gasteiger partial charge in [-0.2, -0.15) is 0 Å². The minimum Gasteiger partial charge on any atom is -0.399 e. The van der Waals surface area contributed by atoms with Crippen LogP contribution in [-0.2, 0) is 0 Å². The van der Waals surface area contributed by atoms with Gasteiger partial charge in [0.15, 0.2) is 0 Å². The predicted octanol–water partition coefficient (Wildman–Crippen LogP) is 2.04. The van der Waals surface area contributed by atoms with Crippen LogP contribution in [0.4, 0.5) is 5.69 Å². The number of hydrogen-bond acceptors (Lipinski definition) is 3. The average molecular weight is 315 g/mol. The lowest BCUT2D eigenvalue weighted by molar-refractivity contribution is 0.523. The predicted molar refractivity (Wildman–Crippen MR) is 99.8 cm³/mol. The van der Waals surface area contributed by atoms with Gasteiger partial charge < -0.3 is 16.4 Å². The standard InChI is InChI=1S/C21H21N3/c1-2-24-20-13-16(23)9-11-18(20)17-10-8-15(22)12-19(17)21(24)14-6-4-3-5-7-14/h3-10,12-13H,2,11,22-23H2,1H3. The van der Waals surface area contributed by atoms with E-state index >= 15 is 0 Å². The molecule has 1 aliphatic carbocycles. The molecular formula is C21H21N3. The Hall–Kier alpha value is -2.94. The van der Waals surface area contributed by atoms with E-state index in [1.165, 1.54) is 33.0 Å². The van der Waals surface area contributed by atoms with Crippen LogP contribution in [0.5, 0.6) is 0 Å². The van der Waals surface area contributed by atoms with Gasteiger partial charge in [0.05, 0.1) is 5.70 Å². The van der Waals surface area contributed by atoms with Crippen LogP contribution in [0.2, 0.25) is 0 Å². The Labute approximate surface area is 141 Å². The minimum absolute atomic E-state index is 0.789. The van der Waals surface area contributed by atoms with E-state index in [9.17, 15) is 0 Å². The van der Waals surface area contributed by atoms with E-state index in [-0.39, 0.29) is 0 Å². The van der Waals surface area contributed by atoms with Crippen molar-refractivity contribution in [1.82, 2.24) is 4.90 Å². The van der Waals surface area contributed by atoms with Gasteiger partial charge in [-0.05, 0) is 47.9 Å². The third-order valence-electron chi connectivity index (χ3n) is 4.70. The lowest BCUT2D eigenvalue weighted by Crippen LogP contribution is -2.42. The zero-order chi connectivity index (χ0) is 16.7. The molecule has 3 heteroatoms. The lowest BCUT2D eigenvalue weighted by atomic mass is 9.91. The lowest BCUT2D eigenvalue weighted by Gasteiger charge is -2.35. The summed E-state index contributed by atoms with van der Waals surface area (Å²) in [5.41, 5.74) is 18.8. The van der Waals surface area contributed by atoms with Gasteiger partial charge in [0.1, 0.15) is 0 Å². The highest BCUT2D eigenvalue weighted by Crippen LogP contribution is 2.32. The van der Waals surface area contributed by atoms with Crippen molar-refractivity contribution in [3.8, 4) is 0 Å². The summed E-state index contributed by atoms with van der Waals surface area (Å²) in [6, 6.07) is 16.7. The molecule has 0 saturated heterocycles. The fourth-order valence-corrected chi connectivity index (χ4v) is 3.64. The molecule has 0 saturated carbocycles. The molecule has 0 unspecified atom stereocenters. The minimum atomic E-state index is 0.789. The molecule has 0 atom stereocenters. The van der Waals surface area contributed by atoms with Gasteiger partial charge in [0, 0.05) is 28.8 Å². The number of benzene rings is 2. The van der Waals surface area contributed by atoms with E-state index < -0.39 is 0 Å². The first-order valence-electron chi connectivity index (χ1n) is 8.32. The molecule has 0 spiro atoms. The highest BCUT2D eigenvalue weighted by molar-refractivity contribution is 5.79. The van der Waals surface area contributed by atoms with E-state index in [4.69, 9.17) is 11.5 Å². The number of nitrogen functional groups attached to an aromatic ring is 1. The fraction of sp³-hybridized carbons (Fsp3) is 0.143. The molecule has 0 bridgehead atoms. The Balaban J connectivity index is 2.15. The average Bonchev–Trinajstić information content (AvgIpc) is 2.61. The van der Waals surface area contributed by atoms with Gasteiger partial charge in [0.25, 0.3) is 0 Å². The van der Waals surface area contributed by atoms with Gasteiger partial charge >= 0.3 is 0 Å². The Morgan fingerprint density at radius 2 is 1.79 bits per heavy atom. The molecule has 2 aromatic rings. The summed E-state index contributed by atoms with van der Waals surface area (Å²) in [6.07, 6.45) is 5.03. The van der Waals surface area contributed by atoms with E-state index in [1.54, 1.807) is 0 Å². The van der Waals surface area contributed by atoms with E-state index in [0.717, 1.165) is 24.4 Å². The molecular weight excluding hydrogens is 294 g/mol. The Kier molecular flexibility index (Phi) is 3.42. The summed E-state index contributed by atoms with van der Waals surface area (Å²) in [6.45, 7) is 3.05. The van der Waals surface area contributed by atoms with Crippen molar-refractivity contribution in [2.45, 2.75) is 13.3 Å². The van der Waals surface area contributed by atoms with Crippen molar-refractivity contribution in [2.24, 2.45) is 5.73 Å². The number of hydrogen-bond donors (Lipinski definition) is 2. The molecule has 0 amide bonds. The van der Waals surface area contributed by atoms with Crippen molar-refractivity contribution < 1.29 is 0 Å². The summed E-state index contributed by atoms with van der Waals surface area (Å²) in [4.78, 5) is 2.35. The SMILES string of the molecule is CCN1C2=CC(N)=CCC2=c2ccc(N)cc2=C1c1ccccc1. The maximum atomic E-state index is 6.11. The summed E-state index contributed by atoms with van der Waals surface area (Å²) < 4.78 is 0. The summed E-state index contributed by atoms with van der Waals surface area (Å²) in [7, 11) is 0. The quantitative estimate of drug-likeness (QED) is 0.834. The molecule has 0 radical (unpaired) electrons. The smallest absolute Gasteiger partial charge is 0.0564 e. The Bertz CT molecular complexity index is 981. The summed E-state index contributed by atoms with van der Waals surface area (Å²) in [5.74, 6) is 0. The van der Waals surface area contributed by atoms with Crippen LogP contribution in [0.15, 0.2) is 72.1 Å². The third-order valence-corrected chi connectivity index (χ3v) is 4.70. The van der Waals surface area contributed by atoms with Crippen LogP contribution in [0.25, 0.3) is 11.3 Å². The van der Waals surface area contributed by atoms with E-state index in [2.05, 4.69) is 60.4 Å². The van der Waals surface area contributed by atoms with E-state index in [1.807, 2.05) is 12.1 Å². The maximum absolute atomic E-state index is 6.11. The first-order valence-corrected chi connectivity index (χ1v) is 8.32. The molecule has 24 heavy (non-hydrogen) atoms. The van der Waals surface area contributed by atoms with Gasteiger partial charge in [-0.15, -0.1) is 0 Å². The molecule has 120 valence electrons. The molecule has 4 rings (SSSR count). The maximum Gasteiger partial charge on any atom is 0.0564 e. The zero-order valence-electron chi connectivity index (χ0n) is 13.8. The van der Waals surface area contributed by atoms with Crippen molar-refractivity contribution in [1.29, 1.82) is 0 Å². The third kappa shape index (κ3) is 2.21. The van der Waals surface area contributed by atoms with Crippen molar-refractivity contribution in [3.63, 3.8) is 0 Å². The van der Waals surface area contributed by atoms with Crippen LogP contribution in [0, 0.1) is 0 Å². The van der Waals surface area contributed by atoms with Crippen LogP contribution >= 0.6 is 0 Å². The number of nitrogens with zero attached hydrogens (tertiary/aromatic N) is 1. The number of rotatable bonds is 2. The van der Waals surface area contributed by atoms with Gasteiger partial charge in [-0.25, -0.2) is 0 Å². The molecule has 1 heterocycles. The molecule has 4 N–H and O–H groups in total. The molecule has 0 aromatic heterocycles. The molecule has 1 aliphatic heterocycles. The summed E-state index contributed by atoms with van der Waals surface area (Å²) in [5, 5.41) is 2.45. The normalized spacial score (nSPS) is 16.3. The molecule has 2 aliphatic rings. The highest BCUT2D eigenvalue weighted by Gasteiger charge is 2.25. The monoisotopic (exact) mass is 315 g/mol. The molecule has 2 aromatic carbocycles. The Morgan fingerprint density at radius 1 is 1.00 bits per heavy atom.